The van der Waals surface area contributed by atoms with E-state index in [9.17, 15) is 4.79 Å². The molecule has 22 heavy (non-hydrogen) atoms. The quantitative estimate of drug-likeness (QED) is 0.547. The second kappa shape index (κ2) is 4.99. The van der Waals surface area contributed by atoms with Gasteiger partial charge in [0.05, 0.1) is 6.61 Å². The first-order valence-electron chi connectivity index (χ1n) is 7.59. The van der Waals surface area contributed by atoms with Crippen LogP contribution in [0.5, 0.6) is 5.75 Å². The summed E-state index contributed by atoms with van der Waals surface area (Å²) in [6.45, 7) is 2.57. The summed E-state index contributed by atoms with van der Waals surface area (Å²) < 4.78 is 5.70. The maximum absolute atomic E-state index is 13.0. The van der Waals surface area contributed by atoms with Crippen molar-refractivity contribution in [2.24, 2.45) is 0 Å². The van der Waals surface area contributed by atoms with Crippen molar-refractivity contribution in [2.45, 2.75) is 13.3 Å². The molecule has 0 spiro atoms. The van der Waals surface area contributed by atoms with E-state index in [1.807, 2.05) is 43.3 Å². The van der Waals surface area contributed by atoms with Crippen LogP contribution >= 0.6 is 0 Å². The number of rotatable bonds is 2. The van der Waals surface area contributed by atoms with Gasteiger partial charge in [-0.05, 0) is 29.3 Å². The van der Waals surface area contributed by atoms with E-state index in [1.54, 1.807) is 0 Å². The zero-order chi connectivity index (χ0) is 15.1. The van der Waals surface area contributed by atoms with Gasteiger partial charge in [0.2, 0.25) is 0 Å². The Labute approximate surface area is 129 Å². The van der Waals surface area contributed by atoms with Crippen LogP contribution in [0.2, 0.25) is 0 Å². The van der Waals surface area contributed by atoms with Crippen LogP contribution in [0, 0.1) is 0 Å². The van der Waals surface area contributed by atoms with Crippen LogP contribution in [0.3, 0.4) is 0 Å². The van der Waals surface area contributed by atoms with Gasteiger partial charge in [-0.1, -0.05) is 48.5 Å². The molecular formula is C20H16O2. The van der Waals surface area contributed by atoms with Crippen molar-refractivity contribution in [3.8, 4) is 5.75 Å². The van der Waals surface area contributed by atoms with E-state index in [0.29, 0.717) is 6.61 Å². The number of ether oxygens (including phenoxy) is 1. The first-order valence-corrected chi connectivity index (χ1v) is 7.59. The molecule has 0 atom stereocenters. The predicted octanol–water partition coefficient (Wildman–Crippen LogP) is 4.37. The molecule has 3 aromatic rings. The molecule has 2 heteroatoms. The zero-order valence-corrected chi connectivity index (χ0v) is 12.4. The van der Waals surface area contributed by atoms with Gasteiger partial charge in [-0.25, -0.2) is 0 Å². The molecule has 0 amide bonds. The molecule has 0 aromatic heterocycles. The summed E-state index contributed by atoms with van der Waals surface area (Å²) in [5, 5.41) is 2.15. The topological polar surface area (TPSA) is 26.3 Å². The lowest BCUT2D eigenvalue weighted by Crippen LogP contribution is -2.16. The van der Waals surface area contributed by atoms with Gasteiger partial charge in [-0.15, -0.1) is 0 Å². The van der Waals surface area contributed by atoms with Gasteiger partial charge < -0.3 is 4.74 Å². The first-order chi connectivity index (χ1) is 10.8. The lowest BCUT2D eigenvalue weighted by molar-refractivity contribution is 0.103. The Morgan fingerprint density at radius 3 is 2.73 bits per heavy atom. The molecule has 4 rings (SSSR count). The molecule has 0 saturated heterocycles. The molecule has 1 aliphatic rings. The molecule has 0 unspecified atom stereocenters. The number of hydrogen-bond acceptors (Lipinski definition) is 2. The highest BCUT2D eigenvalue weighted by Gasteiger charge is 2.27. The van der Waals surface area contributed by atoms with Crippen molar-refractivity contribution in [3.05, 3.63) is 76.9 Å². The average molecular weight is 288 g/mol. The van der Waals surface area contributed by atoms with Gasteiger partial charge in [-0.3, -0.25) is 4.79 Å². The van der Waals surface area contributed by atoms with Gasteiger partial charge in [-0.2, -0.15) is 0 Å². The Morgan fingerprint density at radius 2 is 1.86 bits per heavy atom. The highest BCUT2D eigenvalue weighted by atomic mass is 16.5. The second-order valence-electron chi connectivity index (χ2n) is 5.54. The fourth-order valence-corrected chi connectivity index (χ4v) is 3.31. The van der Waals surface area contributed by atoms with Crippen molar-refractivity contribution >= 4 is 16.6 Å². The number of carbonyl (C=O) groups excluding carboxylic acids is 1. The summed E-state index contributed by atoms with van der Waals surface area (Å²) in [4.78, 5) is 13.0. The zero-order valence-electron chi connectivity index (χ0n) is 12.4. The molecule has 3 aromatic carbocycles. The van der Waals surface area contributed by atoms with Crippen molar-refractivity contribution < 1.29 is 9.53 Å². The second-order valence-corrected chi connectivity index (χ2v) is 5.54. The van der Waals surface area contributed by atoms with E-state index < -0.39 is 0 Å². The van der Waals surface area contributed by atoms with E-state index in [0.717, 1.165) is 45.2 Å². The number of benzene rings is 3. The summed E-state index contributed by atoms with van der Waals surface area (Å²) in [5.74, 6) is 0.932. The molecule has 0 saturated carbocycles. The van der Waals surface area contributed by atoms with Gasteiger partial charge in [0, 0.05) is 23.1 Å². The van der Waals surface area contributed by atoms with Crippen molar-refractivity contribution in [1.29, 1.82) is 0 Å². The minimum atomic E-state index is 0.106. The van der Waals surface area contributed by atoms with Gasteiger partial charge in [0.1, 0.15) is 5.75 Å². The minimum Gasteiger partial charge on any atom is -0.494 e. The van der Waals surface area contributed by atoms with E-state index >= 15 is 0 Å². The lowest BCUT2D eigenvalue weighted by atomic mass is 9.82. The van der Waals surface area contributed by atoms with Crippen molar-refractivity contribution in [1.82, 2.24) is 0 Å². The molecule has 2 nitrogen and oxygen atoms in total. The van der Waals surface area contributed by atoms with Crippen molar-refractivity contribution in [2.75, 3.05) is 6.61 Å². The standard InChI is InChI=1S/C20H16O2/c1-2-22-18-9-5-8-16-17(18)12-14-11-10-13-6-3-4-7-15(13)19(14)20(16)21/h3-11H,2,12H2,1H3. The van der Waals surface area contributed by atoms with Crippen LogP contribution in [0.15, 0.2) is 54.6 Å². The van der Waals surface area contributed by atoms with Gasteiger partial charge in [0.15, 0.2) is 5.78 Å². The van der Waals surface area contributed by atoms with Crippen LogP contribution in [0.4, 0.5) is 0 Å². The third-order valence-corrected chi connectivity index (χ3v) is 4.29. The maximum atomic E-state index is 13.0. The van der Waals surface area contributed by atoms with E-state index in [1.165, 1.54) is 0 Å². The molecule has 0 N–H and O–H groups in total. The predicted molar refractivity (Wildman–Crippen MR) is 87.8 cm³/mol. The highest BCUT2D eigenvalue weighted by Crippen LogP contribution is 2.36. The molecule has 1 aliphatic carbocycles. The Hall–Kier alpha value is -2.61. The average Bonchev–Trinajstić information content (AvgIpc) is 2.55. The first kappa shape index (κ1) is 13.1. The third-order valence-electron chi connectivity index (χ3n) is 4.29. The SMILES string of the molecule is CCOc1cccc2c1Cc1ccc3ccccc3c1C2=O. The van der Waals surface area contributed by atoms with E-state index in [-0.39, 0.29) is 5.78 Å². The summed E-state index contributed by atoms with van der Waals surface area (Å²) in [6.07, 6.45) is 0.747. The molecule has 0 fully saturated rings. The Balaban J connectivity index is 1.96. The van der Waals surface area contributed by atoms with Gasteiger partial charge in [0.25, 0.3) is 0 Å². The number of fused-ring (bicyclic) bond motifs is 4. The summed E-state index contributed by atoms with van der Waals surface area (Å²) in [5.41, 5.74) is 3.72. The normalized spacial score (nSPS) is 12.9. The van der Waals surface area contributed by atoms with Crippen molar-refractivity contribution in [3.63, 3.8) is 0 Å². The number of hydrogen-bond donors (Lipinski definition) is 0. The fraction of sp³-hybridized carbons (Fsp3) is 0.150. The molecule has 0 aliphatic heterocycles. The van der Waals surface area contributed by atoms with Crippen LogP contribution in [0.25, 0.3) is 10.8 Å². The summed E-state index contributed by atoms with van der Waals surface area (Å²) >= 11 is 0. The monoisotopic (exact) mass is 288 g/mol. The van der Waals surface area contributed by atoms with Crippen LogP contribution in [0.1, 0.15) is 34.0 Å². The van der Waals surface area contributed by atoms with Crippen LogP contribution in [-0.2, 0) is 6.42 Å². The Kier molecular flexibility index (Phi) is 2.97. The van der Waals surface area contributed by atoms with E-state index in [4.69, 9.17) is 4.74 Å². The molecule has 0 bridgehead atoms. The smallest absolute Gasteiger partial charge is 0.194 e. The largest absolute Gasteiger partial charge is 0.494 e. The summed E-state index contributed by atoms with van der Waals surface area (Å²) in [6, 6.07) is 18.0. The maximum Gasteiger partial charge on any atom is 0.194 e. The fourth-order valence-electron chi connectivity index (χ4n) is 3.31. The van der Waals surface area contributed by atoms with Gasteiger partial charge >= 0.3 is 0 Å². The van der Waals surface area contributed by atoms with Crippen LogP contribution < -0.4 is 4.74 Å². The molecular weight excluding hydrogens is 272 g/mol. The number of carbonyl (C=O) groups is 1. The molecule has 108 valence electrons. The van der Waals surface area contributed by atoms with Crippen LogP contribution in [-0.4, -0.2) is 12.4 Å². The van der Waals surface area contributed by atoms with E-state index in [2.05, 4.69) is 18.2 Å². The number of ketones is 1. The Bertz CT molecular complexity index is 893. The Morgan fingerprint density at radius 1 is 1.00 bits per heavy atom. The highest BCUT2D eigenvalue weighted by molar-refractivity contribution is 6.19. The third kappa shape index (κ3) is 1.84. The lowest BCUT2D eigenvalue weighted by Gasteiger charge is -2.22. The minimum absolute atomic E-state index is 0.106. The molecule has 0 radical (unpaired) electrons. The summed E-state index contributed by atoms with van der Waals surface area (Å²) in [7, 11) is 0. The molecule has 0 heterocycles.